The Morgan fingerprint density at radius 2 is 1.16 bits per heavy atom. The van der Waals surface area contributed by atoms with Crippen LogP contribution in [0.5, 0.6) is 0 Å². The summed E-state index contributed by atoms with van der Waals surface area (Å²) in [5.41, 5.74) is -0.303. The molecule has 0 atom stereocenters. The van der Waals surface area contributed by atoms with Crippen LogP contribution in [0, 0.1) is 17.8 Å². The summed E-state index contributed by atoms with van der Waals surface area (Å²) < 4.78 is 4.37. The molecule has 1 aromatic heterocycles. The van der Waals surface area contributed by atoms with Gasteiger partial charge < -0.3 is 4.42 Å². The lowest BCUT2D eigenvalue weighted by atomic mass is 10.3. The lowest BCUT2D eigenvalue weighted by Crippen LogP contribution is -1.90. The van der Waals surface area contributed by atoms with Gasteiger partial charge in [-0.2, -0.15) is 0 Å². The lowest BCUT2D eigenvalue weighted by Gasteiger charge is -1.79. The van der Waals surface area contributed by atoms with Gasteiger partial charge in [-0.15, -0.1) is 0 Å². The molecule has 1 aromatic rings. The fourth-order valence-electron chi connectivity index (χ4n) is 1.62. The third-order valence-corrected chi connectivity index (χ3v) is 2.63. The van der Waals surface area contributed by atoms with E-state index in [2.05, 4.69) is 66.7 Å². The number of hydrogen-bond donors (Lipinski definition) is 0. The highest BCUT2D eigenvalue weighted by Gasteiger charge is 2.07. The van der Waals surface area contributed by atoms with E-state index in [1.54, 1.807) is 18.2 Å². The summed E-state index contributed by atoms with van der Waals surface area (Å²) in [5, 5.41) is 0. The molecule has 4 nitrogen and oxygen atoms in total. The van der Waals surface area contributed by atoms with E-state index in [1.807, 2.05) is 6.08 Å². The summed E-state index contributed by atoms with van der Waals surface area (Å²) in [6.07, 6.45) is 10.6. The van der Waals surface area contributed by atoms with Crippen molar-refractivity contribution in [2.75, 3.05) is 0 Å². The Morgan fingerprint density at radius 1 is 0.719 bits per heavy atom. The average molecular weight is 453 g/mol. The smallest absolute Gasteiger partial charge is 0.335 e. The van der Waals surface area contributed by atoms with Gasteiger partial charge in [-0.3, -0.25) is 9.59 Å². The van der Waals surface area contributed by atoms with E-state index in [1.165, 1.54) is 12.3 Å². The summed E-state index contributed by atoms with van der Waals surface area (Å²) in [5.74, 6) is 3.23. The molecule has 3 rings (SSSR count). The zero-order valence-corrected chi connectivity index (χ0v) is 21.6. The number of carbonyl (C=O) groups is 2. The van der Waals surface area contributed by atoms with Crippen molar-refractivity contribution in [2.45, 2.75) is 108 Å². The Morgan fingerprint density at radius 3 is 1.28 bits per heavy atom. The zero-order valence-electron chi connectivity index (χ0n) is 21.6. The minimum absolute atomic E-state index is 0. The highest BCUT2D eigenvalue weighted by molar-refractivity contribution is 5.91. The largest absolute Gasteiger partial charge is 0.431 e. The topological polar surface area (TPSA) is 64.3 Å². The molecule has 188 valence electrons. The maximum atomic E-state index is 10.2. The van der Waals surface area contributed by atoms with Gasteiger partial charge in [0.1, 0.15) is 5.78 Å². The van der Waals surface area contributed by atoms with Crippen LogP contribution in [0.1, 0.15) is 108 Å². The van der Waals surface area contributed by atoms with Crippen molar-refractivity contribution in [3.63, 3.8) is 0 Å². The standard InChI is InChI=1S/C5H4O2.C5H8O.C5H6O.3C4H10.CH4/c6-5-3-1-2-4-7-5;2*6-5-3-1-2-4-5;3*1-4(2)3;/h1-4H;1-4H2;1,3H,2,4H2;3*4H,1-3H3;1H4. The Bertz CT molecular complexity index is 562. The summed E-state index contributed by atoms with van der Waals surface area (Å²) in [6.45, 7) is 19.5. The molecule has 0 radical (unpaired) electrons. The van der Waals surface area contributed by atoms with Gasteiger partial charge in [0, 0.05) is 25.3 Å². The SMILES string of the molecule is C.CC(C)C.CC(C)C.CC(C)C.O=C1C=CCC1.O=C1CCCC1.O=c1cccco1. The van der Waals surface area contributed by atoms with Crippen LogP contribution in [0.3, 0.4) is 0 Å². The molecule has 1 heterocycles. The van der Waals surface area contributed by atoms with Gasteiger partial charge in [-0.05, 0) is 49.2 Å². The number of Topliss-reactive ketones (excluding diaryl/α,β-unsaturated/α-hetero) is 1. The summed E-state index contributed by atoms with van der Waals surface area (Å²) in [4.78, 5) is 30.5. The summed E-state index contributed by atoms with van der Waals surface area (Å²) in [6, 6.07) is 4.65. The number of allylic oxidation sites excluding steroid dienone is 2. The lowest BCUT2D eigenvalue weighted by molar-refractivity contribution is -0.117. The molecule has 2 aliphatic rings. The van der Waals surface area contributed by atoms with Crippen molar-refractivity contribution < 1.29 is 14.0 Å². The first kappa shape index (κ1) is 37.4. The van der Waals surface area contributed by atoms with Crippen molar-refractivity contribution in [1.82, 2.24) is 0 Å². The minimum atomic E-state index is -0.303. The number of ketones is 2. The molecule has 0 aliphatic heterocycles. The fourth-order valence-corrected chi connectivity index (χ4v) is 1.62. The van der Waals surface area contributed by atoms with Crippen molar-refractivity contribution in [2.24, 2.45) is 17.8 Å². The van der Waals surface area contributed by atoms with Crippen LogP contribution >= 0.6 is 0 Å². The molecule has 0 aromatic carbocycles. The van der Waals surface area contributed by atoms with E-state index < -0.39 is 0 Å². The van der Waals surface area contributed by atoms with E-state index in [4.69, 9.17) is 0 Å². The van der Waals surface area contributed by atoms with Gasteiger partial charge in [0.25, 0.3) is 0 Å². The number of hydrogen-bond acceptors (Lipinski definition) is 4. The van der Waals surface area contributed by atoms with Crippen LogP contribution in [0.25, 0.3) is 0 Å². The summed E-state index contributed by atoms with van der Waals surface area (Å²) in [7, 11) is 0. The molecule has 2 aliphatic carbocycles. The molecule has 1 fully saturated rings. The normalized spacial score (nSPS) is 13.1. The van der Waals surface area contributed by atoms with Crippen LogP contribution in [0.4, 0.5) is 0 Å². The molecule has 1 saturated carbocycles. The van der Waals surface area contributed by atoms with Crippen molar-refractivity contribution in [1.29, 1.82) is 0 Å². The highest BCUT2D eigenvalue weighted by Crippen LogP contribution is 2.11. The number of rotatable bonds is 0. The molecular formula is C28H52O4. The predicted molar refractivity (Wildman–Crippen MR) is 140 cm³/mol. The van der Waals surface area contributed by atoms with E-state index in [9.17, 15) is 14.4 Å². The second-order valence-electron chi connectivity index (χ2n) is 9.47. The van der Waals surface area contributed by atoms with Crippen LogP contribution in [0.15, 0.2) is 45.8 Å². The van der Waals surface area contributed by atoms with E-state index in [0.29, 0.717) is 5.78 Å². The van der Waals surface area contributed by atoms with Crippen LogP contribution in [0.2, 0.25) is 0 Å². The third kappa shape index (κ3) is 51.0. The number of carbonyl (C=O) groups excluding carboxylic acids is 2. The Balaban J connectivity index is -0.000000149. The molecule has 0 saturated heterocycles. The highest BCUT2D eigenvalue weighted by atomic mass is 16.4. The fraction of sp³-hybridized carbons (Fsp3) is 0.679. The van der Waals surface area contributed by atoms with Gasteiger partial charge in [0.05, 0.1) is 6.26 Å². The van der Waals surface area contributed by atoms with Gasteiger partial charge in [-0.1, -0.05) is 81.9 Å². The molecule has 0 bridgehead atoms. The monoisotopic (exact) mass is 452 g/mol. The Hall–Kier alpha value is -1.97. The molecule has 0 unspecified atom stereocenters. The van der Waals surface area contributed by atoms with Crippen molar-refractivity contribution >= 4 is 11.6 Å². The molecule has 0 spiro atoms. The molecule has 4 heteroatoms. The third-order valence-electron chi connectivity index (χ3n) is 2.63. The Kier molecular flexibility index (Phi) is 31.6. The van der Waals surface area contributed by atoms with E-state index in [0.717, 1.165) is 56.3 Å². The second-order valence-corrected chi connectivity index (χ2v) is 9.47. The maximum Gasteiger partial charge on any atom is 0.335 e. The minimum Gasteiger partial charge on any atom is -0.431 e. The molecular weight excluding hydrogens is 400 g/mol. The first-order valence-electron chi connectivity index (χ1n) is 11.6. The quantitative estimate of drug-likeness (QED) is 0.397. The predicted octanol–water partition coefficient (Wildman–Crippen LogP) is 8.30. The van der Waals surface area contributed by atoms with Gasteiger partial charge in [0.15, 0.2) is 5.78 Å². The van der Waals surface area contributed by atoms with Crippen LogP contribution in [-0.2, 0) is 9.59 Å². The van der Waals surface area contributed by atoms with E-state index in [-0.39, 0.29) is 18.8 Å². The molecule has 0 N–H and O–H groups in total. The van der Waals surface area contributed by atoms with Gasteiger partial charge >= 0.3 is 5.63 Å². The van der Waals surface area contributed by atoms with Crippen molar-refractivity contribution in [3.05, 3.63) is 47.0 Å². The van der Waals surface area contributed by atoms with E-state index >= 15 is 0 Å². The first-order chi connectivity index (χ1) is 14.4. The maximum absolute atomic E-state index is 10.2. The zero-order chi connectivity index (χ0) is 24.7. The van der Waals surface area contributed by atoms with Gasteiger partial charge in [0.2, 0.25) is 0 Å². The average Bonchev–Trinajstić information content (AvgIpc) is 3.29. The molecule has 32 heavy (non-hydrogen) atoms. The summed E-state index contributed by atoms with van der Waals surface area (Å²) >= 11 is 0. The van der Waals surface area contributed by atoms with Crippen LogP contribution in [-0.4, -0.2) is 11.6 Å². The van der Waals surface area contributed by atoms with Crippen LogP contribution < -0.4 is 5.63 Å². The first-order valence-corrected chi connectivity index (χ1v) is 11.6. The Labute approximate surface area is 198 Å². The second kappa shape index (κ2) is 27.1. The molecule has 0 amide bonds. The van der Waals surface area contributed by atoms with Gasteiger partial charge in [-0.25, -0.2) is 4.79 Å². The van der Waals surface area contributed by atoms with Crippen molar-refractivity contribution in [3.8, 4) is 0 Å².